The predicted molar refractivity (Wildman–Crippen MR) is 102 cm³/mol. The lowest BCUT2D eigenvalue weighted by Crippen LogP contribution is -2.22. The lowest BCUT2D eigenvalue weighted by molar-refractivity contribution is -0.115. The van der Waals surface area contributed by atoms with E-state index in [1.54, 1.807) is 29.2 Å². The van der Waals surface area contributed by atoms with Crippen LogP contribution in [-0.4, -0.2) is 16.7 Å². The van der Waals surface area contributed by atoms with Crippen molar-refractivity contribution < 1.29 is 14.3 Å². The van der Waals surface area contributed by atoms with Crippen LogP contribution in [0.3, 0.4) is 0 Å². The summed E-state index contributed by atoms with van der Waals surface area (Å²) in [7, 11) is 0. The van der Waals surface area contributed by atoms with E-state index in [0.717, 1.165) is 11.4 Å². The third-order valence-electron chi connectivity index (χ3n) is 3.71. The molecule has 0 radical (unpaired) electrons. The molecule has 0 aliphatic carbocycles. The van der Waals surface area contributed by atoms with Gasteiger partial charge in [-0.25, -0.2) is 4.98 Å². The molecule has 0 atom stereocenters. The van der Waals surface area contributed by atoms with Crippen molar-refractivity contribution >= 4 is 33.8 Å². The van der Waals surface area contributed by atoms with Gasteiger partial charge in [0.25, 0.3) is 0 Å². The smallest absolute Gasteiger partial charge is 0.230 e. The summed E-state index contributed by atoms with van der Waals surface area (Å²) in [5, 5.41) is 2.48. The Kier molecular flexibility index (Phi) is 5.43. The van der Waals surface area contributed by atoms with Crippen molar-refractivity contribution in [3.05, 3.63) is 71.2 Å². The molecule has 3 aromatic rings. The Balaban J connectivity index is 1.70. The summed E-state index contributed by atoms with van der Waals surface area (Å²) >= 11 is 1.39. The fraction of sp³-hybridized carbons (Fsp3) is 0.150. The first-order chi connectivity index (χ1) is 12.5. The van der Waals surface area contributed by atoms with Crippen molar-refractivity contribution in [1.82, 2.24) is 4.98 Å². The lowest BCUT2D eigenvalue weighted by atomic mass is 10.1. The zero-order valence-corrected chi connectivity index (χ0v) is 15.3. The van der Waals surface area contributed by atoms with Crippen LogP contribution in [0.2, 0.25) is 0 Å². The van der Waals surface area contributed by atoms with Gasteiger partial charge in [0.05, 0.1) is 11.4 Å². The van der Waals surface area contributed by atoms with E-state index in [0.29, 0.717) is 16.4 Å². The number of ketones is 1. The molecule has 0 saturated carbocycles. The van der Waals surface area contributed by atoms with Crippen LogP contribution in [-0.2, 0) is 11.4 Å². The standard InChI is InChI=1S/C20H18N2O3S/c1-14(23)16-8-10-19(11-9-16)25-12-17-13-26-20(21-17)22(15(2)24)18-6-4-3-5-7-18/h3-11,13H,12H2,1-2H3. The molecule has 26 heavy (non-hydrogen) atoms. The molecule has 0 saturated heterocycles. The number of hydrogen-bond acceptors (Lipinski definition) is 5. The van der Waals surface area contributed by atoms with Gasteiger partial charge in [0.2, 0.25) is 5.91 Å². The lowest BCUT2D eigenvalue weighted by Gasteiger charge is -2.17. The van der Waals surface area contributed by atoms with Crippen molar-refractivity contribution in [2.45, 2.75) is 20.5 Å². The van der Waals surface area contributed by atoms with Crippen LogP contribution in [0.25, 0.3) is 0 Å². The van der Waals surface area contributed by atoms with E-state index in [1.165, 1.54) is 25.2 Å². The number of rotatable bonds is 6. The van der Waals surface area contributed by atoms with Gasteiger partial charge >= 0.3 is 0 Å². The molecule has 0 unspecified atom stereocenters. The zero-order chi connectivity index (χ0) is 18.5. The second kappa shape index (κ2) is 7.93. The Labute approximate surface area is 155 Å². The first kappa shape index (κ1) is 17.8. The molecule has 0 aliphatic rings. The van der Waals surface area contributed by atoms with Gasteiger partial charge in [0, 0.05) is 17.9 Å². The van der Waals surface area contributed by atoms with E-state index in [4.69, 9.17) is 4.74 Å². The molecule has 1 aromatic heterocycles. The van der Waals surface area contributed by atoms with E-state index >= 15 is 0 Å². The minimum Gasteiger partial charge on any atom is -0.487 e. The number of carbonyl (C=O) groups is 2. The number of benzene rings is 2. The molecule has 0 spiro atoms. The van der Waals surface area contributed by atoms with E-state index in [2.05, 4.69) is 4.98 Å². The number of amides is 1. The summed E-state index contributed by atoms with van der Waals surface area (Å²) in [5.74, 6) is 0.583. The third-order valence-corrected chi connectivity index (χ3v) is 4.58. The fourth-order valence-electron chi connectivity index (χ4n) is 2.41. The predicted octanol–water partition coefficient (Wildman–Crippen LogP) is 4.61. The van der Waals surface area contributed by atoms with Crippen LogP contribution in [0.4, 0.5) is 10.8 Å². The highest BCUT2D eigenvalue weighted by Gasteiger charge is 2.17. The molecule has 6 heteroatoms. The van der Waals surface area contributed by atoms with Crippen LogP contribution in [0.1, 0.15) is 29.9 Å². The van der Waals surface area contributed by atoms with E-state index in [-0.39, 0.29) is 18.3 Å². The number of Topliss-reactive ketones (excluding diaryl/α,β-unsaturated/α-hetero) is 1. The van der Waals surface area contributed by atoms with E-state index in [9.17, 15) is 9.59 Å². The molecule has 0 aliphatic heterocycles. The second-order valence-corrected chi connectivity index (χ2v) is 6.52. The number of ether oxygens (including phenoxy) is 1. The van der Waals surface area contributed by atoms with Crippen molar-refractivity contribution in [1.29, 1.82) is 0 Å². The third kappa shape index (κ3) is 4.15. The molecule has 2 aromatic carbocycles. The van der Waals surface area contributed by atoms with E-state index < -0.39 is 0 Å². The monoisotopic (exact) mass is 366 g/mol. The molecule has 1 heterocycles. The van der Waals surface area contributed by atoms with Crippen molar-refractivity contribution in [2.75, 3.05) is 4.90 Å². The first-order valence-corrected chi connectivity index (χ1v) is 8.96. The number of para-hydroxylation sites is 1. The van der Waals surface area contributed by atoms with Gasteiger partial charge in [-0.3, -0.25) is 14.5 Å². The van der Waals surface area contributed by atoms with Gasteiger partial charge in [0.15, 0.2) is 10.9 Å². The van der Waals surface area contributed by atoms with Gasteiger partial charge in [-0.05, 0) is 43.3 Å². The molecule has 3 rings (SSSR count). The second-order valence-electron chi connectivity index (χ2n) is 5.68. The molecule has 132 valence electrons. The van der Waals surface area contributed by atoms with Gasteiger partial charge in [0.1, 0.15) is 12.4 Å². The van der Waals surface area contributed by atoms with Crippen molar-refractivity contribution in [2.24, 2.45) is 0 Å². The van der Waals surface area contributed by atoms with Crippen molar-refractivity contribution in [3.63, 3.8) is 0 Å². The quantitative estimate of drug-likeness (QED) is 0.598. The number of hydrogen-bond donors (Lipinski definition) is 0. The van der Waals surface area contributed by atoms with Crippen LogP contribution >= 0.6 is 11.3 Å². The maximum absolute atomic E-state index is 12.1. The zero-order valence-electron chi connectivity index (χ0n) is 14.5. The van der Waals surface area contributed by atoms with Gasteiger partial charge in [-0.1, -0.05) is 18.2 Å². The molecule has 0 bridgehead atoms. The Hall–Kier alpha value is -2.99. The van der Waals surface area contributed by atoms with Crippen LogP contribution in [0, 0.1) is 0 Å². The summed E-state index contributed by atoms with van der Waals surface area (Å²) in [6, 6.07) is 16.4. The number of thiazole rings is 1. The number of anilines is 2. The van der Waals surface area contributed by atoms with Crippen LogP contribution in [0.5, 0.6) is 5.75 Å². The van der Waals surface area contributed by atoms with Gasteiger partial charge in [-0.15, -0.1) is 11.3 Å². The molecule has 5 nitrogen and oxygen atoms in total. The summed E-state index contributed by atoms with van der Waals surface area (Å²) < 4.78 is 5.72. The molecule has 0 N–H and O–H groups in total. The Bertz CT molecular complexity index is 904. The Morgan fingerprint density at radius 1 is 1.04 bits per heavy atom. The number of carbonyl (C=O) groups excluding carboxylic acids is 2. The van der Waals surface area contributed by atoms with Gasteiger partial charge < -0.3 is 4.74 Å². The minimum atomic E-state index is -0.0992. The minimum absolute atomic E-state index is 0.0194. The fourth-order valence-corrected chi connectivity index (χ4v) is 3.28. The molecule has 1 amide bonds. The van der Waals surface area contributed by atoms with Gasteiger partial charge in [-0.2, -0.15) is 0 Å². The SMILES string of the molecule is CC(=O)c1ccc(OCc2csc(N(C(C)=O)c3ccccc3)n2)cc1. The average molecular weight is 366 g/mol. The topological polar surface area (TPSA) is 59.5 Å². The summed E-state index contributed by atoms with van der Waals surface area (Å²) in [4.78, 5) is 29.4. The van der Waals surface area contributed by atoms with Crippen LogP contribution < -0.4 is 9.64 Å². The normalized spacial score (nSPS) is 10.4. The summed E-state index contributed by atoms with van der Waals surface area (Å²) in [5.41, 5.74) is 2.16. The molecule has 0 fully saturated rings. The Morgan fingerprint density at radius 2 is 1.73 bits per heavy atom. The average Bonchev–Trinajstić information content (AvgIpc) is 3.09. The highest BCUT2D eigenvalue weighted by Crippen LogP contribution is 2.29. The largest absolute Gasteiger partial charge is 0.487 e. The summed E-state index contributed by atoms with van der Waals surface area (Å²) in [6.45, 7) is 3.33. The number of aromatic nitrogens is 1. The van der Waals surface area contributed by atoms with Crippen molar-refractivity contribution in [3.8, 4) is 5.75 Å². The Morgan fingerprint density at radius 3 is 2.35 bits per heavy atom. The number of nitrogens with zero attached hydrogens (tertiary/aromatic N) is 2. The maximum atomic E-state index is 12.1. The maximum Gasteiger partial charge on any atom is 0.230 e. The highest BCUT2D eigenvalue weighted by atomic mass is 32.1. The molecular weight excluding hydrogens is 348 g/mol. The van der Waals surface area contributed by atoms with Crippen LogP contribution in [0.15, 0.2) is 60.0 Å². The highest BCUT2D eigenvalue weighted by molar-refractivity contribution is 7.14. The molecular formula is C20H18N2O3S. The summed E-state index contributed by atoms with van der Waals surface area (Å²) in [6.07, 6.45) is 0. The first-order valence-electron chi connectivity index (χ1n) is 8.08. The van der Waals surface area contributed by atoms with E-state index in [1.807, 2.05) is 35.7 Å².